The molecule has 3 aromatic rings. The predicted molar refractivity (Wildman–Crippen MR) is 120 cm³/mol. The Morgan fingerprint density at radius 1 is 1.06 bits per heavy atom. The summed E-state index contributed by atoms with van der Waals surface area (Å²) in [5, 5.41) is 18.6. The van der Waals surface area contributed by atoms with Crippen molar-refractivity contribution in [2.75, 3.05) is 14.2 Å². The summed E-state index contributed by atoms with van der Waals surface area (Å²) in [5.41, 5.74) is 1.38. The van der Waals surface area contributed by atoms with E-state index in [4.69, 9.17) is 14.9 Å². The first kappa shape index (κ1) is 25.3. The van der Waals surface area contributed by atoms with Gasteiger partial charge in [0.15, 0.2) is 5.82 Å². The highest BCUT2D eigenvalue weighted by Gasteiger charge is 2.23. The van der Waals surface area contributed by atoms with Gasteiger partial charge in [0.2, 0.25) is 0 Å². The molecule has 11 heteroatoms. The van der Waals surface area contributed by atoms with Crippen molar-refractivity contribution >= 4 is 22.0 Å². The van der Waals surface area contributed by atoms with Crippen LogP contribution in [0, 0.1) is 0 Å². The van der Waals surface area contributed by atoms with Crippen molar-refractivity contribution in [3.63, 3.8) is 0 Å². The lowest BCUT2D eigenvalue weighted by Gasteiger charge is -2.10. The first-order valence-corrected chi connectivity index (χ1v) is 10.9. The fourth-order valence-corrected chi connectivity index (χ4v) is 4.03. The molecule has 0 aliphatic rings. The maximum atomic E-state index is 13.2. The average molecular weight is 474 g/mol. The molecule has 0 spiro atoms. The van der Waals surface area contributed by atoms with Crippen LogP contribution in [0.15, 0.2) is 77.8 Å². The van der Waals surface area contributed by atoms with E-state index < -0.39 is 22.0 Å². The molecule has 0 saturated carbocycles. The number of rotatable bonds is 8. The topological polar surface area (TPSA) is 148 Å². The largest absolute Gasteiger partial charge is 0.497 e. The van der Waals surface area contributed by atoms with E-state index in [1.54, 1.807) is 31.4 Å². The van der Waals surface area contributed by atoms with Crippen LogP contribution in [0.3, 0.4) is 0 Å². The second-order valence-corrected chi connectivity index (χ2v) is 8.26. The number of carboxylic acids is 2. The molecule has 0 fully saturated rings. The summed E-state index contributed by atoms with van der Waals surface area (Å²) < 4.78 is 32.7. The van der Waals surface area contributed by atoms with Crippen LogP contribution < -0.4 is 10.1 Å². The number of imidazole rings is 1. The van der Waals surface area contributed by atoms with Crippen molar-refractivity contribution in [1.82, 2.24) is 14.3 Å². The van der Waals surface area contributed by atoms with E-state index in [1.807, 2.05) is 30.3 Å². The molecule has 0 saturated heterocycles. The number of benzene rings is 2. The Labute approximate surface area is 190 Å². The second-order valence-electron chi connectivity index (χ2n) is 6.44. The van der Waals surface area contributed by atoms with Crippen molar-refractivity contribution in [2.24, 2.45) is 0 Å². The highest BCUT2D eigenvalue weighted by Crippen LogP contribution is 2.26. The zero-order valence-corrected chi connectivity index (χ0v) is 18.7. The average Bonchev–Trinajstić information content (AvgIpc) is 3.24. The van der Waals surface area contributed by atoms with Gasteiger partial charge in [-0.1, -0.05) is 36.4 Å². The Balaban J connectivity index is 0.000000414. The van der Waals surface area contributed by atoms with Crippen molar-refractivity contribution in [3.8, 4) is 17.1 Å². The maximum Gasteiger partial charge on any atom is 0.328 e. The smallest absolute Gasteiger partial charge is 0.328 e. The molecule has 174 valence electrons. The molecule has 0 unspecified atom stereocenters. The number of nitrogens with zero attached hydrogens (tertiary/aromatic N) is 2. The number of methoxy groups -OCH3 is 1. The Bertz CT molecular complexity index is 1220. The number of hydrogen-bond donors (Lipinski definition) is 3. The van der Waals surface area contributed by atoms with E-state index in [2.05, 4.69) is 10.3 Å². The Morgan fingerprint density at radius 3 is 2.24 bits per heavy atom. The SMILES string of the molecule is CNCc1cn(S(=O)(=O)c2cccc(OC)c2)c(-c2ccccc2)n1.O=C(O)/C=C/C(=O)O. The van der Waals surface area contributed by atoms with Crippen LogP contribution in [0.2, 0.25) is 0 Å². The van der Waals surface area contributed by atoms with Crippen molar-refractivity contribution < 1.29 is 33.0 Å². The molecule has 0 amide bonds. The molecule has 2 aromatic carbocycles. The maximum absolute atomic E-state index is 13.2. The van der Waals surface area contributed by atoms with Crippen molar-refractivity contribution in [1.29, 1.82) is 0 Å². The Kier molecular flexibility index (Phi) is 8.89. The van der Waals surface area contributed by atoms with Crippen molar-refractivity contribution in [3.05, 3.63) is 78.6 Å². The third-order valence-electron chi connectivity index (χ3n) is 4.08. The second kappa shape index (κ2) is 11.6. The molecule has 0 bridgehead atoms. The fourth-order valence-electron chi connectivity index (χ4n) is 2.66. The molecule has 0 aliphatic heterocycles. The van der Waals surface area contributed by atoms with Crippen LogP contribution in [0.5, 0.6) is 5.75 Å². The highest BCUT2D eigenvalue weighted by molar-refractivity contribution is 7.90. The van der Waals surface area contributed by atoms with Crippen LogP contribution in [0.1, 0.15) is 5.69 Å². The van der Waals surface area contributed by atoms with Gasteiger partial charge in [-0.05, 0) is 19.2 Å². The van der Waals surface area contributed by atoms with Crippen molar-refractivity contribution in [2.45, 2.75) is 11.4 Å². The lowest BCUT2D eigenvalue weighted by Crippen LogP contribution is -2.13. The predicted octanol–water partition coefficient (Wildman–Crippen LogP) is 2.23. The number of ether oxygens (including phenoxy) is 1. The van der Waals surface area contributed by atoms with E-state index in [0.29, 0.717) is 36.0 Å². The third-order valence-corrected chi connectivity index (χ3v) is 5.73. The van der Waals surface area contributed by atoms with Gasteiger partial charge in [-0.15, -0.1) is 0 Å². The van der Waals surface area contributed by atoms with Gasteiger partial charge in [-0.2, -0.15) is 0 Å². The first-order valence-electron chi connectivity index (χ1n) is 9.51. The van der Waals surface area contributed by atoms with E-state index in [-0.39, 0.29) is 4.90 Å². The molecule has 3 N–H and O–H groups in total. The van der Waals surface area contributed by atoms with Gasteiger partial charge in [0.05, 0.1) is 17.7 Å². The summed E-state index contributed by atoms with van der Waals surface area (Å²) >= 11 is 0. The number of nitrogens with one attached hydrogen (secondary N) is 1. The standard InChI is InChI=1S/C18H19N3O3S.C4H4O4/c1-19-12-15-13-21(18(20-15)14-7-4-3-5-8-14)25(22,23)17-10-6-9-16(11-17)24-2;5-3(6)1-2-4(7)8/h3-11,13,19H,12H2,1-2H3;1-2H,(H,5,6)(H,7,8)/b;2-1+. The molecule has 0 atom stereocenters. The molecule has 0 radical (unpaired) electrons. The molecular formula is C22H23N3O7S. The third kappa shape index (κ3) is 7.02. The number of hydrogen-bond acceptors (Lipinski definition) is 7. The minimum Gasteiger partial charge on any atom is -0.497 e. The summed E-state index contributed by atoms with van der Waals surface area (Å²) in [6, 6.07) is 15.7. The van der Waals surface area contributed by atoms with Crippen LogP contribution in [0.25, 0.3) is 11.4 Å². The van der Waals surface area contributed by atoms with E-state index in [9.17, 15) is 18.0 Å². The molecule has 1 aromatic heterocycles. The summed E-state index contributed by atoms with van der Waals surface area (Å²) in [6.07, 6.45) is 2.66. The summed E-state index contributed by atoms with van der Waals surface area (Å²) in [7, 11) is -0.509. The van der Waals surface area contributed by atoms with Crippen LogP contribution in [-0.2, 0) is 26.2 Å². The minimum absolute atomic E-state index is 0.150. The Hall–Kier alpha value is -3.96. The number of carbonyl (C=O) groups is 2. The van der Waals surface area contributed by atoms with E-state index >= 15 is 0 Å². The molecule has 0 aliphatic carbocycles. The van der Waals surface area contributed by atoms with E-state index in [0.717, 1.165) is 5.56 Å². The summed E-state index contributed by atoms with van der Waals surface area (Å²) in [4.78, 5) is 23.8. The first-order chi connectivity index (χ1) is 15.7. The zero-order valence-electron chi connectivity index (χ0n) is 17.9. The molecular weight excluding hydrogens is 450 g/mol. The molecule has 3 rings (SSSR count). The monoisotopic (exact) mass is 473 g/mol. The van der Waals surface area contributed by atoms with Gasteiger partial charge in [0.25, 0.3) is 10.0 Å². The van der Waals surface area contributed by atoms with Crippen LogP contribution >= 0.6 is 0 Å². The van der Waals surface area contributed by atoms with Gasteiger partial charge >= 0.3 is 11.9 Å². The van der Waals surface area contributed by atoms with Gasteiger partial charge in [0.1, 0.15) is 5.75 Å². The normalized spacial score (nSPS) is 11.0. The molecule has 1 heterocycles. The lowest BCUT2D eigenvalue weighted by atomic mass is 10.2. The van der Waals surface area contributed by atoms with Gasteiger partial charge < -0.3 is 20.3 Å². The Morgan fingerprint density at radius 2 is 1.70 bits per heavy atom. The number of carboxylic acid groups (broad SMARTS) is 2. The van der Waals surface area contributed by atoms with Gasteiger partial charge in [-0.3, -0.25) is 0 Å². The zero-order chi connectivity index (χ0) is 24.4. The fraction of sp³-hybridized carbons (Fsp3) is 0.136. The molecule has 33 heavy (non-hydrogen) atoms. The quantitative estimate of drug-likeness (QED) is 0.419. The van der Waals surface area contributed by atoms with Gasteiger partial charge in [0, 0.05) is 36.5 Å². The molecule has 10 nitrogen and oxygen atoms in total. The highest BCUT2D eigenvalue weighted by atomic mass is 32.2. The van der Waals surface area contributed by atoms with Gasteiger partial charge in [-0.25, -0.2) is 27.0 Å². The summed E-state index contributed by atoms with van der Waals surface area (Å²) in [6.45, 7) is 0.473. The van der Waals surface area contributed by atoms with Crippen LogP contribution in [-0.4, -0.2) is 53.7 Å². The van der Waals surface area contributed by atoms with Crippen LogP contribution in [0.4, 0.5) is 0 Å². The summed E-state index contributed by atoms with van der Waals surface area (Å²) in [5.74, 6) is -1.65. The minimum atomic E-state index is -3.80. The lowest BCUT2D eigenvalue weighted by molar-refractivity contribution is -0.134. The number of aromatic nitrogens is 2. The van der Waals surface area contributed by atoms with E-state index in [1.165, 1.54) is 17.1 Å². The number of aliphatic carboxylic acids is 2.